The Bertz CT molecular complexity index is 701. The van der Waals surface area contributed by atoms with Crippen LogP contribution < -0.4 is 0 Å². The molecule has 2 heterocycles. The lowest BCUT2D eigenvalue weighted by atomic mass is 10.1. The van der Waals surface area contributed by atoms with Crippen LogP contribution in [-0.2, 0) is 0 Å². The number of fused-ring (bicyclic) bond motifs is 1. The van der Waals surface area contributed by atoms with Crippen molar-refractivity contribution in [3.8, 4) is 11.3 Å². The van der Waals surface area contributed by atoms with Gasteiger partial charge in [0, 0.05) is 30.1 Å². The normalized spacial score (nSPS) is 10.9. The maximum Gasteiger partial charge on any atom is 0.269 e. The van der Waals surface area contributed by atoms with E-state index in [-0.39, 0.29) is 5.69 Å². The van der Waals surface area contributed by atoms with Gasteiger partial charge in [0.25, 0.3) is 5.69 Å². The number of nitro groups is 1. The zero-order valence-electron chi connectivity index (χ0n) is 8.91. The Morgan fingerprint density at radius 1 is 1.28 bits per heavy atom. The van der Waals surface area contributed by atoms with Gasteiger partial charge in [0.15, 0.2) is 4.96 Å². The van der Waals surface area contributed by atoms with Crippen LogP contribution in [0, 0.1) is 10.1 Å². The highest BCUT2D eigenvalue weighted by Gasteiger charge is 2.09. The highest BCUT2D eigenvalue weighted by molar-refractivity contribution is 9.11. The van der Waals surface area contributed by atoms with Gasteiger partial charge in [-0.1, -0.05) is 11.3 Å². The van der Waals surface area contributed by atoms with Crippen LogP contribution in [0.3, 0.4) is 0 Å². The van der Waals surface area contributed by atoms with Gasteiger partial charge >= 0.3 is 0 Å². The standard InChI is InChI=1S/C11H6BrN3O2S/c12-10-6-14-5-9(13-11(14)18-10)7-1-3-8(4-2-7)15(16)17/h1-6H. The molecular formula is C11H6BrN3O2S. The van der Waals surface area contributed by atoms with Crippen molar-refractivity contribution in [1.82, 2.24) is 9.38 Å². The molecule has 0 N–H and O–H groups in total. The Hall–Kier alpha value is -1.73. The van der Waals surface area contributed by atoms with Crippen molar-refractivity contribution in [2.45, 2.75) is 0 Å². The minimum Gasteiger partial charge on any atom is -0.296 e. The third kappa shape index (κ3) is 1.91. The third-order valence-electron chi connectivity index (χ3n) is 2.50. The number of imidazole rings is 1. The van der Waals surface area contributed by atoms with Crippen LogP contribution in [0.15, 0.2) is 40.4 Å². The molecule has 0 saturated carbocycles. The van der Waals surface area contributed by atoms with Crippen LogP contribution >= 0.6 is 27.3 Å². The fourth-order valence-electron chi connectivity index (χ4n) is 1.66. The van der Waals surface area contributed by atoms with Crippen LogP contribution in [0.5, 0.6) is 0 Å². The number of hydrogen-bond acceptors (Lipinski definition) is 4. The molecule has 0 spiro atoms. The van der Waals surface area contributed by atoms with Crippen molar-refractivity contribution in [3.63, 3.8) is 0 Å². The maximum absolute atomic E-state index is 10.6. The summed E-state index contributed by atoms with van der Waals surface area (Å²) in [5, 5.41) is 10.6. The molecule has 0 amide bonds. The number of thiazole rings is 1. The number of hydrogen-bond donors (Lipinski definition) is 0. The van der Waals surface area contributed by atoms with Crippen molar-refractivity contribution in [1.29, 1.82) is 0 Å². The molecule has 0 fully saturated rings. The fraction of sp³-hybridized carbons (Fsp3) is 0. The summed E-state index contributed by atoms with van der Waals surface area (Å²) in [5.41, 5.74) is 1.76. The van der Waals surface area contributed by atoms with E-state index in [0.29, 0.717) is 0 Å². The predicted octanol–water partition coefficient (Wildman–Crippen LogP) is 3.73. The van der Waals surface area contributed by atoms with Gasteiger partial charge < -0.3 is 0 Å². The SMILES string of the molecule is O=[N+]([O-])c1ccc(-c2cn3cc(Br)sc3n2)cc1. The lowest BCUT2D eigenvalue weighted by molar-refractivity contribution is -0.384. The van der Waals surface area contributed by atoms with Gasteiger partial charge in [-0.25, -0.2) is 4.98 Å². The van der Waals surface area contributed by atoms with E-state index in [2.05, 4.69) is 20.9 Å². The zero-order valence-corrected chi connectivity index (χ0v) is 11.3. The van der Waals surface area contributed by atoms with Crippen molar-refractivity contribution < 1.29 is 4.92 Å². The highest BCUT2D eigenvalue weighted by atomic mass is 79.9. The molecule has 2 aromatic heterocycles. The van der Waals surface area contributed by atoms with E-state index in [1.807, 2.05) is 16.8 Å². The first kappa shape index (κ1) is 11.4. The lowest BCUT2D eigenvalue weighted by Crippen LogP contribution is -1.87. The quantitative estimate of drug-likeness (QED) is 0.533. The van der Waals surface area contributed by atoms with E-state index in [1.165, 1.54) is 23.5 Å². The zero-order chi connectivity index (χ0) is 12.7. The smallest absolute Gasteiger partial charge is 0.269 e. The molecule has 0 atom stereocenters. The van der Waals surface area contributed by atoms with Gasteiger partial charge in [0.05, 0.1) is 14.4 Å². The van der Waals surface area contributed by atoms with E-state index in [9.17, 15) is 10.1 Å². The van der Waals surface area contributed by atoms with Crippen molar-refractivity contribution in [3.05, 3.63) is 50.6 Å². The van der Waals surface area contributed by atoms with Crippen molar-refractivity contribution >= 4 is 37.9 Å². The second-order valence-electron chi connectivity index (χ2n) is 3.66. The average molecular weight is 324 g/mol. The molecule has 90 valence electrons. The number of aromatic nitrogens is 2. The first-order valence-electron chi connectivity index (χ1n) is 5.02. The van der Waals surface area contributed by atoms with Crippen LogP contribution in [0.25, 0.3) is 16.2 Å². The van der Waals surface area contributed by atoms with Gasteiger partial charge in [0.2, 0.25) is 0 Å². The molecule has 3 rings (SSSR count). The summed E-state index contributed by atoms with van der Waals surface area (Å²) in [6.45, 7) is 0. The second-order valence-corrected chi connectivity index (χ2v) is 6.04. The molecule has 18 heavy (non-hydrogen) atoms. The molecule has 0 aliphatic heterocycles. The number of nitrogens with zero attached hydrogens (tertiary/aromatic N) is 3. The minimum atomic E-state index is -0.410. The molecule has 0 radical (unpaired) electrons. The van der Waals surface area contributed by atoms with Crippen molar-refractivity contribution in [2.75, 3.05) is 0 Å². The average Bonchev–Trinajstić information content (AvgIpc) is 2.86. The molecule has 7 heteroatoms. The molecule has 0 aliphatic carbocycles. The Labute approximate surface area is 114 Å². The minimum absolute atomic E-state index is 0.0857. The van der Waals surface area contributed by atoms with Gasteiger partial charge in [-0.15, -0.1) is 0 Å². The largest absolute Gasteiger partial charge is 0.296 e. The first-order chi connectivity index (χ1) is 8.63. The molecular weight excluding hydrogens is 318 g/mol. The summed E-state index contributed by atoms with van der Waals surface area (Å²) in [6, 6.07) is 6.39. The number of benzene rings is 1. The Kier molecular flexibility index (Phi) is 2.64. The predicted molar refractivity (Wildman–Crippen MR) is 72.9 cm³/mol. The number of nitro benzene ring substituents is 1. The molecule has 5 nitrogen and oxygen atoms in total. The van der Waals surface area contributed by atoms with Crippen LogP contribution in [0.2, 0.25) is 0 Å². The Morgan fingerprint density at radius 3 is 2.61 bits per heavy atom. The summed E-state index contributed by atoms with van der Waals surface area (Å²) >= 11 is 4.93. The van der Waals surface area contributed by atoms with Gasteiger partial charge in [-0.05, 0) is 28.1 Å². The Balaban J connectivity index is 2.02. The van der Waals surface area contributed by atoms with Crippen LogP contribution in [0.4, 0.5) is 5.69 Å². The summed E-state index contributed by atoms with van der Waals surface area (Å²) in [5.74, 6) is 0. The Morgan fingerprint density at radius 2 is 2.00 bits per heavy atom. The number of halogens is 1. The number of non-ortho nitro benzene ring substituents is 1. The van der Waals surface area contributed by atoms with Gasteiger partial charge in [-0.2, -0.15) is 0 Å². The van der Waals surface area contributed by atoms with E-state index >= 15 is 0 Å². The van der Waals surface area contributed by atoms with E-state index < -0.39 is 4.92 Å². The van der Waals surface area contributed by atoms with Crippen LogP contribution in [-0.4, -0.2) is 14.3 Å². The summed E-state index contributed by atoms with van der Waals surface area (Å²) in [4.78, 5) is 15.5. The fourth-order valence-corrected chi connectivity index (χ4v) is 3.01. The molecule has 3 aromatic rings. The lowest BCUT2D eigenvalue weighted by Gasteiger charge is -1.95. The summed E-state index contributed by atoms with van der Waals surface area (Å²) < 4.78 is 2.94. The topological polar surface area (TPSA) is 60.4 Å². The second kappa shape index (κ2) is 4.18. The monoisotopic (exact) mass is 323 g/mol. The highest BCUT2D eigenvalue weighted by Crippen LogP contribution is 2.27. The summed E-state index contributed by atoms with van der Waals surface area (Å²) in [6.07, 6.45) is 3.83. The molecule has 1 aromatic carbocycles. The van der Waals surface area contributed by atoms with Gasteiger partial charge in [0.1, 0.15) is 0 Å². The van der Waals surface area contributed by atoms with E-state index in [4.69, 9.17) is 0 Å². The first-order valence-corrected chi connectivity index (χ1v) is 6.63. The van der Waals surface area contributed by atoms with E-state index in [1.54, 1.807) is 12.1 Å². The van der Waals surface area contributed by atoms with Crippen molar-refractivity contribution in [2.24, 2.45) is 0 Å². The van der Waals surface area contributed by atoms with Crippen LogP contribution in [0.1, 0.15) is 0 Å². The molecule has 0 aliphatic rings. The van der Waals surface area contributed by atoms with E-state index in [0.717, 1.165) is 20.0 Å². The number of rotatable bonds is 2. The maximum atomic E-state index is 10.6. The third-order valence-corrected chi connectivity index (χ3v) is 3.98. The molecule has 0 saturated heterocycles. The molecule has 0 bridgehead atoms. The molecule has 0 unspecified atom stereocenters. The summed E-state index contributed by atoms with van der Waals surface area (Å²) in [7, 11) is 0. The van der Waals surface area contributed by atoms with Gasteiger partial charge in [-0.3, -0.25) is 14.5 Å².